The molecule has 1 saturated carbocycles. The van der Waals surface area contributed by atoms with Crippen LogP contribution in [0.4, 0.5) is 5.69 Å². The summed E-state index contributed by atoms with van der Waals surface area (Å²) in [5.74, 6) is 0.666. The van der Waals surface area contributed by atoms with E-state index in [-0.39, 0.29) is 16.7 Å². The average Bonchev–Trinajstić information content (AvgIpc) is 3.09. The molecule has 0 unspecified atom stereocenters. The average molecular weight is 366 g/mol. The Labute approximate surface area is 149 Å². The predicted molar refractivity (Wildman–Crippen MR) is 96.5 cm³/mol. The molecule has 2 aliphatic rings. The van der Waals surface area contributed by atoms with E-state index in [1.807, 2.05) is 4.90 Å². The maximum absolute atomic E-state index is 12.7. The van der Waals surface area contributed by atoms with Gasteiger partial charge in [-0.15, -0.1) is 0 Å². The van der Waals surface area contributed by atoms with Crippen LogP contribution in [0, 0.1) is 11.8 Å². The van der Waals surface area contributed by atoms with Gasteiger partial charge in [-0.2, -0.15) is 0 Å². The summed E-state index contributed by atoms with van der Waals surface area (Å²) in [6, 6.07) is 6.57. The van der Waals surface area contributed by atoms with E-state index in [0.29, 0.717) is 25.6 Å². The number of nitrogens with zero attached hydrogens (tertiary/aromatic N) is 2. The van der Waals surface area contributed by atoms with Crippen molar-refractivity contribution >= 4 is 21.6 Å². The van der Waals surface area contributed by atoms with Crippen molar-refractivity contribution in [1.82, 2.24) is 4.90 Å². The van der Waals surface area contributed by atoms with E-state index in [2.05, 4.69) is 4.90 Å². The fourth-order valence-corrected chi connectivity index (χ4v) is 4.43. The van der Waals surface area contributed by atoms with Gasteiger partial charge in [0.15, 0.2) is 0 Å². The molecule has 1 saturated heterocycles. The SMILES string of the molecule is NC[C@H]1CCC[C@H]1C(=O)N1CCN(c2ccc(S(N)(=O)=O)cc2)CC1. The second kappa shape index (κ2) is 7.31. The van der Waals surface area contributed by atoms with Crippen LogP contribution in [0.15, 0.2) is 29.2 Å². The highest BCUT2D eigenvalue weighted by Gasteiger charge is 2.35. The summed E-state index contributed by atoms with van der Waals surface area (Å²) >= 11 is 0. The number of carbonyl (C=O) groups excluding carboxylic acids is 1. The fraction of sp³-hybridized carbons (Fsp3) is 0.588. The first-order chi connectivity index (χ1) is 11.9. The van der Waals surface area contributed by atoms with Gasteiger partial charge in [0.25, 0.3) is 0 Å². The molecule has 1 aliphatic carbocycles. The molecule has 138 valence electrons. The Balaban J connectivity index is 1.59. The Bertz CT molecular complexity index is 712. The van der Waals surface area contributed by atoms with E-state index in [0.717, 1.165) is 38.0 Å². The fourth-order valence-electron chi connectivity index (χ4n) is 3.91. The molecular weight excluding hydrogens is 340 g/mol. The summed E-state index contributed by atoms with van der Waals surface area (Å²) < 4.78 is 22.7. The maximum Gasteiger partial charge on any atom is 0.238 e. The predicted octanol–water partition coefficient (Wildman–Crippen LogP) is 0.358. The number of anilines is 1. The van der Waals surface area contributed by atoms with Gasteiger partial charge in [-0.05, 0) is 49.6 Å². The first-order valence-corrected chi connectivity index (χ1v) is 10.3. The highest BCUT2D eigenvalue weighted by molar-refractivity contribution is 7.89. The lowest BCUT2D eigenvalue weighted by Crippen LogP contribution is -2.51. The number of hydrogen-bond acceptors (Lipinski definition) is 5. The van der Waals surface area contributed by atoms with Crippen molar-refractivity contribution < 1.29 is 13.2 Å². The van der Waals surface area contributed by atoms with Gasteiger partial charge in [-0.1, -0.05) is 6.42 Å². The minimum Gasteiger partial charge on any atom is -0.368 e. The van der Waals surface area contributed by atoms with Gasteiger partial charge in [0.05, 0.1) is 4.90 Å². The Morgan fingerprint density at radius 2 is 1.72 bits per heavy atom. The number of sulfonamides is 1. The van der Waals surface area contributed by atoms with Gasteiger partial charge in [-0.25, -0.2) is 13.6 Å². The van der Waals surface area contributed by atoms with Gasteiger partial charge in [0, 0.05) is 37.8 Å². The minimum absolute atomic E-state index is 0.0885. The van der Waals surface area contributed by atoms with Crippen LogP contribution in [0.3, 0.4) is 0 Å². The minimum atomic E-state index is -3.67. The zero-order valence-electron chi connectivity index (χ0n) is 14.3. The lowest BCUT2D eigenvalue weighted by Gasteiger charge is -2.38. The molecule has 1 heterocycles. The summed E-state index contributed by atoms with van der Waals surface area (Å²) in [6.45, 7) is 3.43. The van der Waals surface area contributed by atoms with Crippen LogP contribution in [0.25, 0.3) is 0 Å². The Morgan fingerprint density at radius 1 is 1.08 bits per heavy atom. The third-order valence-electron chi connectivity index (χ3n) is 5.40. The molecule has 0 radical (unpaired) electrons. The number of benzene rings is 1. The molecule has 0 bridgehead atoms. The summed E-state index contributed by atoms with van der Waals surface area (Å²) in [6.07, 6.45) is 3.11. The summed E-state index contributed by atoms with van der Waals surface area (Å²) in [4.78, 5) is 17.0. The molecule has 2 atom stereocenters. The van der Waals surface area contributed by atoms with Crippen molar-refractivity contribution in [3.63, 3.8) is 0 Å². The van der Waals surface area contributed by atoms with E-state index < -0.39 is 10.0 Å². The molecule has 1 aliphatic heterocycles. The molecule has 3 rings (SSSR count). The monoisotopic (exact) mass is 366 g/mol. The highest BCUT2D eigenvalue weighted by Crippen LogP contribution is 2.32. The van der Waals surface area contributed by atoms with Crippen LogP contribution in [0.1, 0.15) is 19.3 Å². The molecule has 1 amide bonds. The van der Waals surface area contributed by atoms with Crippen molar-refractivity contribution in [2.75, 3.05) is 37.6 Å². The quantitative estimate of drug-likeness (QED) is 0.799. The van der Waals surface area contributed by atoms with Crippen LogP contribution in [0.2, 0.25) is 0 Å². The molecule has 1 aromatic carbocycles. The van der Waals surface area contributed by atoms with Crippen molar-refractivity contribution in [2.45, 2.75) is 24.2 Å². The number of nitrogens with two attached hydrogens (primary N) is 2. The molecule has 0 aromatic heterocycles. The lowest BCUT2D eigenvalue weighted by molar-refractivity contribution is -0.136. The van der Waals surface area contributed by atoms with Gasteiger partial charge in [-0.3, -0.25) is 4.79 Å². The van der Waals surface area contributed by atoms with Gasteiger partial charge in [0.1, 0.15) is 0 Å². The number of rotatable bonds is 4. The molecule has 25 heavy (non-hydrogen) atoms. The third-order valence-corrected chi connectivity index (χ3v) is 6.33. The smallest absolute Gasteiger partial charge is 0.238 e. The molecule has 4 N–H and O–H groups in total. The number of piperazine rings is 1. The zero-order chi connectivity index (χ0) is 18.0. The molecule has 1 aromatic rings. The lowest BCUT2D eigenvalue weighted by atomic mass is 9.94. The van der Waals surface area contributed by atoms with E-state index in [1.165, 1.54) is 12.1 Å². The van der Waals surface area contributed by atoms with Crippen molar-refractivity contribution in [3.05, 3.63) is 24.3 Å². The first-order valence-electron chi connectivity index (χ1n) is 8.77. The number of primary sulfonamides is 1. The summed E-state index contributed by atoms with van der Waals surface area (Å²) in [5, 5.41) is 5.12. The number of amides is 1. The maximum atomic E-state index is 12.7. The molecule has 7 nitrogen and oxygen atoms in total. The standard InChI is InChI=1S/C17H26N4O3S/c18-12-13-2-1-3-16(13)17(22)21-10-8-20(9-11-21)14-4-6-15(7-5-14)25(19,23)24/h4-7,13,16H,1-3,8-12,18H2,(H2,19,23,24)/t13-,16-/m1/s1. The second-order valence-corrected chi connectivity index (χ2v) is 8.45. The van der Waals surface area contributed by atoms with Crippen LogP contribution < -0.4 is 15.8 Å². The Kier molecular flexibility index (Phi) is 5.31. The van der Waals surface area contributed by atoms with Crippen LogP contribution in [-0.4, -0.2) is 51.9 Å². The second-order valence-electron chi connectivity index (χ2n) is 6.88. The first kappa shape index (κ1) is 18.2. The van der Waals surface area contributed by atoms with E-state index in [9.17, 15) is 13.2 Å². The molecular formula is C17H26N4O3S. The van der Waals surface area contributed by atoms with E-state index in [4.69, 9.17) is 10.9 Å². The Hall–Kier alpha value is -1.64. The zero-order valence-corrected chi connectivity index (χ0v) is 15.1. The largest absolute Gasteiger partial charge is 0.368 e. The van der Waals surface area contributed by atoms with Gasteiger partial charge < -0.3 is 15.5 Å². The highest BCUT2D eigenvalue weighted by atomic mass is 32.2. The topological polar surface area (TPSA) is 110 Å². The molecule has 2 fully saturated rings. The van der Waals surface area contributed by atoms with E-state index in [1.54, 1.807) is 12.1 Å². The normalized spacial score (nSPS) is 24.6. The third kappa shape index (κ3) is 3.96. The van der Waals surface area contributed by atoms with Crippen LogP contribution in [-0.2, 0) is 14.8 Å². The molecule has 8 heteroatoms. The van der Waals surface area contributed by atoms with Crippen molar-refractivity contribution in [1.29, 1.82) is 0 Å². The Morgan fingerprint density at radius 3 is 2.28 bits per heavy atom. The number of carbonyl (C=O) groups is 1. The van der Waals surface area contributed by atoms with Gasteiger partial charge in [0.2, 0.25) is 15.9 Å². The van der Waals surface area contributed by atoms with Crippen LogP contribution >= 0.6 is 0 Å². The molecule has 0 spiro atoms. The van der Waals surface area contributed by atoms with Crippen molar-refractivity contribution in [2.24, 2.45) is 22.7 Å². The van der Waals surface area contributed by atoms with Crippen LogP contribution in [0.5, 0.6) is 0 Å². The van der Waals surface area contributed by atoms with Gasteiger partial charge >= 0.3 is 0 Å². The van der Waals surface area contributed by atoms with E-state index >= 15 is 0 Å². The summed E-state index contributed by atoms with van der Waals surface area (Å²) in [5.41, 5.74) is 6.75. The van der Waals surface area contributed by atoms with Crippen molar-refractivity contribution in [3.8, 4) is 0 Å². The number of hydrogen-bond donors (Lipinski definition) is 2. The summed E-state index contributed by atoms with van der Waals surface area (Å²) in [7, 11) is -3.67.